The molecule has 1 rings (SSSR count). The molecular formula is C15H23ClFNO2S. The minimum absolute atomic E-state index is 0.0235. The van der Waals surface area contributed by atoms with Crippen LogP contribution < -0.4 is 4.72 Å². The van der Waals surface area contributed by atoms with Gasteiger partial charge in [-0.25, -0.2) is 17.5 Å². The fraction of sp³-hybridized carbons (Fsp3) is 0.600. The summed E-state index contributed by atoms with van der Waals surface area (Å²) in [6.07, 6.45) is 0. The molecule has 2 atom stereocenters. The monoisotopic (exact) mass is 335 g/mol. The number of hydrogen-bond acceptors (Lipinski definition) is 2. The van der Waals surface area contributed by atoms with Gasteiger partial charge in [0.1, 0.15) is 5.82 Å². The predicted octanol–water partition coefficient (Wildman–Crippen LogP) is 3.71. The van der Waals surface area contributed by atoms with Gasteiger partial charge >= 0.3 is 0 Å². The lowest BCUT2D eigenvalue weighted by atomic mass is 9.83. The Morgan fingerprint density at radius 3 is 2.19 bits per heavy atom. The van der Waals surface area contributed by atoms with Gasteiger partial charge in [0.15, 0.2) is 0 Å². The van der Waals surface area contributed by atoms with E-state index in [-0.39, 0.29) is 28.8 Å². The lowest BCUT2D eigenvalue weighted by molar-refractivity contribution is 0.304. The molecule has 1 N–H and O–H groups in total. The molecule has 0 aliphatic carbocycles. The van der Waals surface area contributed by atoms with E-state index in [1.165, 1.54) is 12.1 Å². The topological polar surface area (TPSA) is 46.2 Å². The Balaban J connectivity index is 3.03. The van der Waals surface area contributed by atoms with Gasteiger partial charge in [0, 0.05) is 5.88 Å². The van der Waals surface area contributed by atoms with Crippen molar-refractivity contribution in [2.24, 2.45) is 11.3 Å². The van der Waals surface area contributed by atoms with Gasteiger partial charge < -0.3 is 0 Å². The van der Waals surface area contributed by atoms with Crippen LogP contribution in [0.4, 0.5) is 4.39 Å². The first-order valence-electron chi connectivity index (χ1n) is 6.86. The van der Waals surface area contributed by atoms with Gasteiger partial charge in [-0.15, -0.1) is 11.6 Å². The van der Waals surface area contributed by atoms with Crippen LogP contribution in [0.15, 0.2) is 24.3 Å². The summed E-state index contributed by atoms with van der Waals surface area (Å²) in [6.45, 7) is 7.60. The third kappa shape index (κ3) is 5.93. The normalized spacial score (nSPS) is 15.7. The molecule has 0 aliphatic heterocycles. The van der Waals surface area contributed by atoms with E-state index in [2.05, 4.69) is 4.72 Å². The Morgan fingerprint density at radius 1 is 1.24 bits per heavy atom. The average Bonchev–Trinajstić information content (AvgIpc) is 2.35. The maximum atomic E-state index is 13.0. The highest BCUT2D eigenvalue weighted by molar-refractivity contribution is 7.89. The quantitative estimate of drug-likeness (QED) is 0.805. The van der Waals surface area contributed by atoms with Gasteiger partial charge in [-0.2, -0.15) is 0 Å². The zero-order valence-corrected chi connectivity index (χ0v) is 14.4. The number of sulfonamides is 1. The summed E-state index contributed by atoms with van der Waals surface area (Å²) in [6, 6.07) is 5.47. The molecule has 6 heteroatoms. The fourth-order valence-electron chi connectivity index (χ4n) is 2.05. The predicted molar refractivity (Wildman–Crippen MR) is 85.4 cm³/mol. The van der Waals surface area contributed by atoms with Crippen molar-refractivity contribution < 1.29 is 12.8 Å². The first-order valence-corrected chi connectivity index (χ1v) is 9.05. The molecular weight excluding hydrogens is 313 g/mol. The van der Waals surface area contributed by atoms with Crippen LogP contribution in [-0.4, -0.2) is 20.1 Å². The summed E-state index contributed by atoms with van der Waals surface area (Å²) in [4.78, 5) is 0. The second-order valence-electron chi connectivity index (χ2n) is 6.51. The van der Waals surface area contributed by atoms with E-state index in [0.29, 0.717) is 0 Å². The number of rotatable bonds is 6. The molecule has 0 saturated carbocycles. The third-order valence-electron chi connectivity index (χ3n) is 3.13. The van der Waals surface area contributed by atoms with Crippen molar-refractivity contribution in [2.75, 3.05) is 11.6 Å². The van der Waals surface area contributed by atoms with Crippen molar-refractivity contribution in [1.82, 2.24) is 4.72 Å². The maximum Gasteiger partial charge on any atom is 0.212 e. The van der Waals surface area contributed by atoms with Gasteiger partial charge in [0.05, 0.1) is 11.8 Å². The molecule has 2 unspecified atom stereocenters. The zero-order valence-electron chi connectivity index (χ0n) is 12.9. The highest BCUT2D eigenvalue weighted by Gasteiger charge is 2.30. The second kappa shape index (κ2) is 7.07. The molecule has 0 saturated heterocycles. The Morgan fingerprint density at radius 2 is 1.76 bits per heavy atom. The maximum absolute atomic E-state index is 13.0. The van der Waals surface area contributed by atoms with Crippen molar-refractivity contribution >= 4 is 21.6 Å². The third-order valence-corrected chi connectivity index (χ3v) is 5.26. The molecule has 1 aromatic carbocycles. The van der Waals surface area contributed by atoms with E-state index >= 15 is 0 Å². The minimum Gasteiger partial charge on any atom is -0.212 e. The Bertz CT molecular complexity index is 552. The Hall–Kier alpha value is -0.650. The molecule has 0 bridgehead atoms. The van der Waals surface area contributed by atoms with E-state index in [9.17, 15) is 12.8 Å². The molecule has 0 radical (unpaired) electrons. The summed E-state index contributed by atoms with van der Waals surface area (Å²) in [5.74, 6) is -0.204. The number of alkyl halides is 1. The number of hydrogen-bond donors (Lipinski definition) is 1. The molecule has 0 aromatic heterocycles. The highest BCUT2D eigenvalue weighted by atomic mass is 35.5. The zero-order chi connectivity index (χ0) is 16.3. The van der Waals surface area contributed by atoms with Crippen molar-refractivity contribution in [3.63, 3.8) is 0 Å². The van der Waals surface area contributed by atoms with Crippen LogP contribution in [0.25, 0.3) is 0 Å². The van der Waals surface area contributed by atoms with Gasteiger partial charge in [-0.3, -0.25) is 0 Å². The van der Waals surface area contributed by atoms with E-state index in [4.69, 9.17) is 11.6 Å². The van der Waals surface area contributed by atoms with Crippen LogP contribution in [0.1, 0.15) is 39.3 Å². The highest BCUT2D eigenvalue weighted by Crippen LogP contribution is 2.33. The smallest absolute Gasteiger partial charge is 0.212 e. The molecule has 120 valence electrons. The summed E-state index contributed by atoms with van der Waals surface area (Å²) < 4.78 is 40.3. The standard InChI is InChI=1S/C15H23ClFNO2S/c1-11(9-16)10-21(19,20)18-14(15(2,3)4)12-5-7-13(17)8-6-12/h5-8,11,14,18H,9-10H2,1-4H3. The lowest BCUT2D eigenvalue weighted by Crippen LogP contribution is -2.39. The first kappa shape index (κ1) is 18.4. The Kier molecular flexibility index (Phi) is 6.20. The summed E-state index contributed by atoms with van der Waals surface area (Å²) in [5.41, 5.74) is 0.403. The molecule has 0 heterocycles. The number of halogens is 2. The number of benzene rings is 1. The van der Waals surface area contributed by atoms with E-state index in [1.807, 2.05) is 20.8 Å². The van der Waals surface area contributed by atoms with Gasteiger partial charge in [-0.05, 0) is 29.0 Å². The van der Waals surface area contributed by atoms with Crippen LogP contribution in [0, 0.1) is 17.2 Å². The second-order valence-corrected chi connectivity index (χ2v) is 8.62. The molecule has 3 nitrogen and oxygen atoms in total. The van der Waals surface area contributed by atoms with Crippen molar-refractivity contribution in [2.45, 2.75) is 33.7 Å². The van der Waals surface area contributed by atoms with E-state index in [0.717, 1.165) is 5.56 Å². The minimum atomic E-state index is -3.46. The van der Waals surface area contributed by atoms with Crippen LogP contribution in [-0.2, 0) is 10.0 Å². The van der Waals surface area contributed by atoms with E-state index < -0.39 is 16.1 Å². The van der Waals surface area contributed by atoms with Gasteiger partial charge in [0.2, 0.25) is 10.0 Å². The average molecular weight is 336 g/mol. The molecule has 0 amide bonds. The largest absolute Gasteiger partial charge is 0.212 e. The van der Waals surface area contributed by atoms with Crippen LogP contribution in [0.2, 0.25) is 0 Å². The van der Waals surface area contributed by atoms with Crippen LogP contribution in [0.3, 0.4) is 0 Å². The summed E-state index contributed by atoms with van der Waals surface area (Å²) in [5, 5.41) is 0. The van der Waals surface area contributed by atoms with Gasteiger partial charge in [0.25, 0.3) is 0 Å². The SMILES string of the molecule is CC(CCl)CS(=O)(=O)NC(c1ccc(F)cc1)C(C)(C)C. The van der Waals surface area contributed by atoms with E-state index in [1.54, 1.807) is 19.1 Å². The fourth-order valence-corrected chi connectivity index (χ4v) is 4.10. The summed E-state index contributed by atoms with van der Waals surface area (Å²) in [7, 11) is -3.46. The van der Waals surface area contributed by atoms with Crippen molar-refractivity contribution in [3.05, 3.63) is 35.6 Å². The molecule has 21 heavy (non-hydrogen) atoms. The molecule has 0 spiro atoms. The molecule has 1 aromatic rings. The molecule has 0 fully saturated rings. The van der Waals surface area contributed by atoms with Gasteiger partial charge in [-0.1, -0.05) is 39.8 Å². The first-order chi connectivity index (χ1) is 9.55. The molecule has 0 aliphatic rings. The number of nitrogens with one attached hydrogen (secondary N) is 1. The van der Waals surface area contributed by atoms with Crippen molar-refractivity contribution in [3.8, 4) is 0 Å². The summed E-state index contributed by atoms with van der Waals surface area (Å²) >= 11 is 5.69. The van der Waals surface area contributed by atoms with Crippen LogP contribution >= 0.6 is 11.6 Å². The Labute approximate surface area is 131 Å². The van der Waals surface area contributed by atoms with Crippen LogP contribution in [0.5, 0.6) is 0 Å². The van der Waals surface area contributed by atoms with Crippen molar-refractivity contribution in [1.29, 1.82) is 0 Å². The lowest BCUT2D eigenvalue weighted by Gasteiger charge is -2.32.